The average Bonchev–Trinajstić information content (AvgIpc) is 2.84. The van der Waals surface area contributed by atoms with Crippen molar-refractivity contribution in [1.29, 1.82) is 0 Å². The molecule has 3 atom stereocenters. The minimum Gasteiger partial charge on any atom is -0.480 e. The third-order valence-electron chi connectivity index (χ3n) is 3.05. The Bertz CT molecular complexity index is 303. The van der Waals surface area contributed by atoms with E-state index in [1.807, 2.05) is 0 Å². The summed E-state index contributed by atoms with van der Waals surface area (Å²) in [5.74, 6) is -0.177. The number of carbonyl (C=O) groups is 2. The maximum Gasteiger partial charge on any atom is 0.326 e. The molecule has 0 aromatic heterocycles. The SMILES string of the molecule is O=C(O)[C@H]1C[C@@H](O)CN1C(=O)C1CCCS1. The average molecular weight is 245 g/mol. The van der Waals surface area contributed by atoms with Crippen molar-refractivity contribution >= 4 is 23.6 Å². The Labute approximate surface area is 97.8 Å². The van der Waals surface area contributed by atoms with Crippen molar-refractivity contribution in [3.8, 4) is 0 Å². The lowest BCUT2D eigenvalue weighted by molar-refractivity contribution is -0.148. The molecule has 2 N–H and O–H groups in total. The second-order valence-corrected chi connectivity index (χ2v) is 5.55. The quantitative estimate of drug-likeness (QED) is 0.712. The first-order chi connectivity index (χ1) is 7.59. The fourth-order valence-corrected chi connectivity index (χ4v) is 3.48. The van der Waals surface area contributed by atoms with Crippen molar-refractivity contribution in [3.63, 3.8) is 0 Å². The maximum atomic E-state index is 12.0. The molecule has 0 aromatic carbocycles. The molecule has 0 radical (unpaired) electrons. The number of carboxylic acid groups (broad SMARTS) is 1. The van der Waals surface area contributed by atoms with Crippen LogP contribution in [0.15, 0.2) is 0 Å². The molecule has 0 spiro atoms. The normalized spacial score (nSPS) is 34.3. The molecule has 1 unspecified atom stereocenters. The summed E-state index contributed by atoms with van der Waals surface area (Å²) in [4.78, 5) is 24.3. The molecule has 5 nitrogen and oxygen atoms in total. The molecule has 2 heterocycles. The topological polar surface area (TPSA) is 77.8 Å². The predicted octanol–water partition coefficient (Wildman–Crippen LogP) is -0.0716. The van der Waals surface area contributed by atoms with E-state index in [4.69, 9.17) is 5.11 Å². The Morgan fingerprint density at radius 3 is 2.69 bits per heavy atom. The first-order valence-corrected chi connectivity index (χ1v) is 6.47. The Balaban J connectivity index is 2.06. The molecular weight excluding hydrogens is 230 g/mol. The van der Waals surface area contributed by atoms with Gasteiger partial charge in [-0.3, -0.25) is 4.79 Å². The molecule has 2 saturated heterocycles. The number of aliphatic carboxylic acids is 1. The fraction of sp³-hybridized carbons (Fsp3) is 0.800. The number of rotatable bonds is 2. The van der Waals surface area contributed by atoms with Gasteiger partial charge in [-0.05, 0) is 18.6 Å². The second-order valence-electron chi connectivity index (χ2n) is 4.24. The number of aliphatic hydroxyl groups excluding tert-OH is 1. The number of likely N-dealkylation sites (tertiary alicyclic amines) is 1. The zero-order valence-corrected chi connectivity index (χ0v) is 9.65. The minimum absolute atomic E-state index is 0.104. The van der Waals surface area contributed by atoms with Crippen LogP contribution in [0.4, 0.5) is 0 Å². The lowest BCUT2D eigenvalue weighted by Gasteiger charge is -2.23. The van der Waals surface area contributed by atoms with Crippen LogP contribution in [-0.2, 0) is 9.59 Å². The molecule has 0 bridgehead atoms. The van der Waals surface area contributed by atoms with Gasteiger partial charge in [-0.15, -0.1) is 11.8 Å². The highest BCUT2D eigenvalue weighted by molar-refractivity contribution is 8.00. The lowest BCUT2D eigenvalue weighted by Crippen LogP contribution is -2.44. The number of carboxylic acids is 1. The van der Waals surface area contributed by atoms with Crippen LogP contribution in [0.25, 0.3) is 0 Å². The van der Waals surface area contributed by atoms with Gasteiger partial charge in [-0.2, -0.15) is 0 Å². The number of β-amino-alcohol motifs (C(OH)–C–C–N with tert-alkyl or cyclic N) is 1. The number of nitrogens with zero attached hydrogens (tertiary/aromatic N) is 1. The minimum atomic E-state index is -1.02. The van der Waals surface area contributed by atoms with Crippen LogP contribution in [0, 0.1) is 0 Å². The highest BCUT2D eigenvalue weighted by atomic mass is 32.2. The van der Waals surface area contributed by atoms with E-state index in [0.29, 0.717) is 0 Å². The highest BCUT2D eigenvalue weighted by Gasteiger charge is 2.41. The summed E-state index contributed by atoms with van der Waals surface area (Å²) in [5.41, 5.74) is 0. The molecule has 0 saturated carbocycles. The Hall–Kier alpha value is -0.750. The first-order valence-electron chi connectivity index (χ1n) is 5.42. The van der Waals surface area contributed by atoms with Gasteiger partial charge in [0, 0.05) is 13.0 Å². The summed E-state index contributed by atoms with van der Waals surface area (Å²) >= 11 is 1.59. The first kappa shape index (κ1) is 11.7. The third-order valence-corrected chi connectivity index (χ3v) is 4.42. The van der Waals surface area contributed by atoms with Crippen molar-refractivity contribution in [1.82, 2.24) is 4.90 Å². The number of hydrogen-bond acceptors (Lipinski definition) is 4. The number of amides is 1. The van der Waals surface area contributed by atoms with Gasteiger partial charge in [-0.1, -0.05) is 0 Å². The van der Waals surface area contributed by atoms with E-state index in [1.165, 1.54) is 4.90 Å². The molecule has 2 rings (SSSR count). The van der Waals surface area contributed by atoms with E-state index in [-0.39, 0.29) is 24.1 Å². The van der Waals surface area contributed by atoms with Crippen LogP contribution < -0.4 is 0 Å². The van der Waals surface area contributed by atoms with Crippen LogP contribution in [-0.4, -0.2) is 56.7 Å². The molecular formula is C10H15NO4S. The van der Waals surface area contributed by atoms with Crippen LogP contribution in [0.2, 0.25) is 0 Å². The van der Waals surface area contributed by atoms with Crippen LogP contribution in [0.3, 0.4) is 0 Å². The summed E-state index contributed by atoms with van der Waals surface area (Å²) in [6.45, 7) is 0.160. The van der Waals surface area contributed by atoms with Gasteiger partial charge in [0.2, 0.25) is 5.91 Å². The smallest absolute Gasteiger partial charge is 0.326 e. The monoisotopic (exact) mass is 245 g/mol. The second kappa shape index (κ2) is 4.63. The van der Waals surface area contributed by atoms with Crippen LogP contribution in [0.1, 0.15) is 19.3 Å². The Kier molecular flexibility index (Phi) is 3.39. The summed E-state index contributed by atoms with van der Waals surface area (Å²) in [6, 6.07) is -0.844. The van der Waals surface area contributed by atoms with E-state index in [0.717, 1.165) is 18.6 Å². The number of hydrogen-bond donors (Lipinski definition) is 2. The van der Waals surface area contributed by atoms with Crippen molar-refractivity contribution in [2.75, 3.05) is 12.3 Å². The standard InChI is InChI=1S/C10H15NO4S/c12-6-4-7(10(14)15)11(5-6)9(13)8-2-1-3-16-8/h6-8,12H,1-5H2,(H,14,15)/t6-,7-,8?/m1/s1. The molecule has 6 heteroatoms. The van der Waals surface area contributed by atoms with E-state index in [9.17, 15) is 14.7 Å². The van der Waals surface area contributed by atoms with Gasteiger partial charge in [0.15, 0.2) is 0 Å². The number of carbonyl (C=O) groups excluding carboxylic acids is 1. The van der Waals surface area contributed by atoms with Gasteiger partial charge in [0.25, 0.3) is 0 Å². The maximum absolute atomic E-state index is 12.0. The third kappa shape index (κ3) is 2.17. The molecule has 1 amide bonds. The molecule has 0 aromatic rings. The summed E-state index contributed by atoms with van der Waals surface area (Å²) in [6.07, 6.45) is 1.28. The molecule has 0 aliphatic carbocycles. The number of thioether (sulfide) groups is 1. The van der Waals surface area contributed by atoms with E-state index in [1.54, 1.807) is 11.8 Å². The molecule has 2 aliphatic heterocycles. The Morgan fingerprint density at radius 1 is 1.38 bits per heavy atom. The van der Waals surface area contributed by atoms with E-state index in [2.05, 4.69) is 0 Å². The van der Waals surface area contributed by atoms with Gasteiger partial charge >= 0.3 is 5.97 Å². The summed E-state index contributed by atoms with van der Waals surface area (Å²) in [5, 5.41) is 18.3. The van der Waals surface area contributed by atoms with Crippen molar-refractivity contribution in [2.45, 2.75) is 36.7 Å². The fourth-order valence-electron chi connectivity index (χ4n) is 2.25. The highest BCUT2D eigenvalue weighted by Crippen LogP contribution is 2.30. The van der Waals surface area contributed by atoms with E-state index >= 15 is 0 Å². The lowest BCUT2D eigenvalue weighted by atomic mass is 10.2. The number of aliphatic hydroxyl groups is 1. The van der Waals surface area contributed by atoms with Crippen molar-refractivity contribution in [3.05, 3.63) is 0 Å². The van der Waals surface area contributed by atoms with Gasteiger partial charge in [-0.25, -0.2) is 4.79 Å². The van der Waals surface area contributed by atoms with Crippen LogP contribution in [0.5, 0.6) is 0 Å². The van der Waals surface area contributed by atoms with Crippen molar-refractivity contribution < 1.29 is 19.8 Å². The van der Waals surface area contributed by atoms with Crippen molar-refractivity contribution in [2.24, 2.45) is 0 Å². The zero-order chi connectivity index (χ0) is 11.7. The largest absolute Gasteiger partial charge is 0.480 e. The van der Waals surface area contributed by atoms with Gasteiger partial charge in [0.05, 0.1) is 11.4 Å². The Morgan fingerprint density at radius 2 is 2.12 bits per heavy atom. The molecule has 2 fully saturated rings. The summed E-state index contributed by atoms with van der Waals surface area (Å²) in [7, 11) is 0. The summed E-state index contributed by atoms with van der Waals surface area (Å²) < 4.78 is 0. The molecule has 90 valence electrons. The molecule has 16 heavy (non-hydrogen) atoms. The predicted molar refractivity (Wildman–Crippen MR) is 59.2 cm³/mol. The van der Waals surface area contributed by atoms with Gasteiger partial charge in [0.1, 0.15) is 6.04 Å². The van der Waals surface area contributed by atoms with Gasteiger partial charge < -0.3 is 15.1 Å². The van der Waals surface area contributed by atoms with Crippen LogP contribution >= 0.6 is 11.8 Å². The molecule has 2 aliphatic rings. The zero-order valence-electron chi connectivity index (χ0n) is 8.83. The van der Waals surface area contributed by atoms with E-state index < -0.39 is 18.1 Å².